The smallest absolute Gasteiger partial charge is 0.336 e. The second-order valence-electron chi connectivity index (χ2n) is 5.35. The molecule has 2 rings (SSSR count). The number of hydrogen-bond acceptors (Lipinski definition) is 6. The van der Waals surface area contributed by atoms with E-state index >= 15 is 0 Å². The van der Waals surface area contributed by atoms with Crippen molar-refractivity contribution in [3.05, 3.63) is 57.2 Å². The molecule has 0 saturated carbocycles. The first-order valence-corrected chi connectivity index (χ1v) is 8.71. The number of rotatable bonds is 3. The van der Waals surface area contributed by atoms with Gasteiger partial charge in [0.05, 0.1) is 23.5 Å². The molecule has 0 fully saturated rings. The van der Waals surface area contributed by atoms with E-state index in [1.54, 1.807) is 19.9 Å². The molecule has 1 atom stereocenters. The number of aromatic nitrogens is 1. The van der Waals surface area contributed by atoms with E-state index in [0.717, 1.165) is 6.26 Å². The van der Waals surface area contributed by atoms with Crippen molar-refractivity contribution in [3.8, 4) is 0 Å². The van der Waals surface area contributed by atoms with Crippen molar-refractivity contribution >= 4 is 15.8 Å². The fourth-order valence-electron chi connectivity index (χ4n) is 2.81. The zero-order valence-corrected chi connectivity index (χ0v) is 14.1. The molecule has 0 radical (unpaired) electrons. The van der Waals surface area contributed by atoms with E-state index in [-0.39, 0.29) is 10.5 Å². The van der Waals surface area contributed by atoms with Crippen LogP contribution in [0.4, 0.5) is 0 Å². The van der Waals surface area contributed by atoms with E-state index in [2.05, 4.69) is 5.32 Å². The molecule has 0 bridgehead atoms. The zero-order valence-electron chi connectivity index (χ0n) is 13.3. The molecule has 1 aromatic rings. The number of ether oxygens (including phenoxy) is 1. The predicted molar refractivity (Wildman–Crippen MR) is 83.5 cm³/mol. The molecular formula is C15H18N2O5S. The van der Waals surface area contributed by atoms with Crippen molar-refractivity contribution in [2.75, 3.05) is 13.4 Å². The van der Waals surface area contributed by atoms with Crippen molar-refractivity contribution in [1.82, 2.24) is 5.32 Å². The Hall–Kier alpha value is -2.35. The van der Waals surface area contributed by atoms with Crippen LogP contribution in [0.25, 0.3) is 0 Å². The summed E-state index contributed by atoms with van der Waals surface area (Å²) in [5.41, 5.74) is 1.49. The van der Waals surface area contributed by atoms with E-state index in [9.17, 15) is 18.4 Å². The molecule has 1 aliphatic rings. The number of nitrogens with zero attached hydrogens (tertiary/aromatic N) is 1. The Morgan fingerprint density at radius 2 is 2.00 bits per heavy atom. The normalized spacial score (nSPS) is 18.7. The van der Waals surface area contributed by atoms with Gasteiger partial charge in [-0.1, -0.05) is 0 Å². The molecule has 1 unspecified atom stereocenters. The van der Waals surface area contributed by atoms with Crippen LogP contribution in [0.3, 0.4) is 0 Å². The van der Waals surface area contributed by atoms with Gasteiger partial charge in [-0.2, -0.15) is 4.73 Å². The molecule has 7 nitrogen and oxygen atoms in total. The fourth-order valence-corrected chi connectivity index (χ4v) is 4.10. The minimum Gasteiger partial charge on any atom is -0.619 e. The largest absolute Gasteiger partial charge is 0.619 e. The van der Waals surface area contributed by atoms with Crippen molar-refractivity contribution in [2.24, 2.45) is 0 Å². The van der Waals surface area contributed by atoms with Gasteiger partial charge in [-0.15, -0.1) is 0 Å². The Morgan fingerprint density at radius 3 is 2.52 bits per heavy atom. The minimum atomic E-state index is -3.62. The Morgan fingerprint density at radius 1 is 1.35 bits per heavy atom. The molecule has 1 aromatic heterocycles. The minimum absolute atomic E-state index is 0.0506. The lowest BCUT2D eigenvalue weighted by Crippen LogP contribution is -2.33. The summed E-state index contributed by atoms with van der Waals surface area (Å²) in [6, 6.07) is 3.11. The number of carbonyl (C=O) groups excluding carboxylic acids is 1. The average Bonchev–Trinajstić information content (AvgIpc) is 2.44. The summed E-state index contributed by atoms with van der Waals surface area (Å²) in [5.74, 6) is -1.53. The van der Waals surface area contributed by atoms with Gasteiger partial charge in [0.25, 0.3) is 0 Å². The van der Waals surface area contributed by atoms with Crippen LogP contribution in [0.1, 0.15) is 25.3 Å². The van der Waals surface area contributed by atoms with Crippen LogP contribution < -0.4 is 10.0 Å². The SMILES string of the molecule is COC(=O)C1=C(C)NC(C)=C(S(C)(=O)=O)C1c1ccc[n+]([O-])c1. The van der Waals surface area contributed by atoms with E-state index in [1.807, 2.05) is 0 Å². The van der Waals surface area contributed by atoms with Gasteiger partial charge in [0.1, 0.15) is 0 Å². The maximum Gasteiger partial charge on any atom is 0.336 e. The summed E-state index contributed by atoms with van der Waals surface area (Å²) in [4.78, 5) is 12.3. The van der Waals surface area contributed by atoms with Gasteiger partial charge in [-0.25, -0.2) is 13.2 Å². The second kappa shape index (κ2) is 6.04. The third kappa shape index (κ3) is 3.21. The first-order valence-electron chi connectivity index (χ1n) is 6.82. The van der Waals surface area contributed by atoms with Crippen LogP contribution in [-0.4, -0.2) is 27.8 Å². The molecular weight excluding hydrogens is 320 g/mol. The Balaban J connectivity index is 2.78. The molecule has 0 amide bonds. The van der Waals surface area contributed by atoms with Crippen LogP contribution in [0.15, 0.2) is 46.4 Å². The predicted octanol–water partition coefficient (Wildman–Crippen LogP) is 0.730. The van der Waals surface area contributed by atoms with Crippen LogP contribution in [-0.2, 0) is 19.4 Å². The highest BCUT2D eigenvalue weighted by molar-refractivity contribution is 7.94. The number of sulfone groups is 1. The van der Waals surface area contributed by atoms with Crippen LogP contribution >= 0.6 is 0 Å². The van der Waals surface area contributed by atoms with Crippen LogP contribution in [0.2, 0.25) is 0 Å². The molecule has 2 heterocycles. The molecule has 0 saturated heterocycles. The number of esters is 1. The molecule has 23 heavy (non-hydrogen) atoms. The van der Waals surface area contributed by atoms with Gasteiger partial charge < -0.3 is 15.3 Å². The molecule has 0 spiro atoms. The summed E-state index contributed by atoms with van der Waals surface area (Å²) in [6.07, 6.45) is 3.62. The lowest BCUT2D eigenvalue weighted by Gasteiger charge is -2.29. The zero-order chi connectivity index (χ0) is 17.4. The molecule has 8 heteroatoms. The summed E-state index contributed by atoms with van der Waals surface area (Å²) in [7, 11) is -2.39. The fraction of sp³-hybridized carbons (Fsp3) is 0.333. The highest BCUT2D eigenvalue weighted by Gasteiger charge is 2.39. The highest BCUT2D eigenvalue weighted by atomic mass is 32.2. The van der Waals surface area contributed by atoms with E-state index in [4.69, 9.17) is 4.74 Å². The quantitative estimate of drug-likeness (QED) is 0.495. The number of pyridine rings is 1. The van der Waals surface area contributed by atoms with Crippen molar-refractivity contribution in [2.45, 2.75) is 19.8 Å². The summed E-state index contributed by atoms with van der Waals surface area (Å²) < 4.78 is 29.9. The number of methoxy groups -OCH3 is 1. The van der Waals surface area contributed by atoms with Gasteiger partial charge in [0.15, 0.2) is 22.2 Å². The molecule has 1 N–H and O–H groups in total. The van der Waals surface area contributed by atoms with E-state index in [1.165, 1.54) is 25.6 Å². The topological polar surface area (TPSA) is 99.4 Å². The third-order valence-corrected chi connectivity index (χ3v) is 4.98. The maximum absolute atomic E-state index is 12.3. The number of hydrogen-bond donors (Lipinski definition) is 1. The first-order chi connectivity index (χ1) is 10.7. The van der Waals surface area contributed by atoms with Crippen LogP contribution in [0.5, 0.6) is 0 Å². The van der Waals surface area contributed by atoms with Crippen molar-refractivity contribution in [3.63, 3.8) is 0 Å². The standard InChI is InChI=1S/C15H18N2O5S/c1-9-12(15(18)22-3)13(11-6-5-7-17(19)8-11)14(10(2)16-9)23(4,20)21/h5-8,13,16H,1-4H3. The molecule has 0 aliphatic carbocycles. The van der Waals surface area contributed by atoms with E-state index in [0.29, 0.717) is 21.7 Å². The summed E-state index contributed by atoms with van der Waals surface area (Å²) >= 11 is 0. The molecule has 124 valence electrons. The first kappa shape index (κ1) is 17.0. The monoisotopic (exact) mass is 338 g/mol. The lowest BCUT2D eigenvalue weighted by atomic mass is 9.87. The number of allylic oxidation sites excluding steroid dienone is 3. The summed E-state index contributed by atoms with van der Waals surface area (Å²) in [6.45, 7) is 3.28. The third-order valence-electron chi connectivity index (χ3n) is 3.64. The highest BCUT2D eigenvalue weighted by Crippen LogP contribution is 2.40. The number of dihydropyridines is 1. The van der Waals surface area contributed by atoms with Gasteiger partial charge in [-0.3, -0.25) is 0 Å². The maximum atomic E-state index is 12.3. The Bertz CT molecular complexity index is 824. The second-order valence-corrected chi connectivity index (χ2v) is 7.33. The van der Waals surface area contributed by atoms with Crippen molar-refractivity contribution in [1.29, 1.82) is 0 Å². The Labute approximate surface area is 134 Å². The summed E-state index contributed by atoms with van der Waals surface area (Å²) in [5, 5.41) is 14.5. The number of carbonyl (C=O) groups is 1. The average molecular weight is 338 g/mol. The van der Waals surface area contributed by atoms with Gasteiger partial charge in [0, 0.05) is 29.3 Å². The number of nitrogens with one attached hydrogen (secondary N) is 1. The molecule has 1 aliphatic heterocycles. The van der Waals surface area contributed by atoms with Crippen LogP contribution in [0, 0.1) is 5.21 Å². The Kier molecular flexibility index (Phi) is 4.46. The van der Waals surface area contributed by atoms with Gasteiger partial charge >= 0.3 is 5.97 Å². The van der Waals surface area contributed by atoms with E-state index < -0.39 is 21.7 Å². The van der Waals surface area contributed by atoms with Crippen molar-refractivity contribution < 1.29 is 22.7 Å². The van der Waals surface area contributed by atoms with Gasteiger partial charge in [0.2, 0.25) is 0 Å². The lowest BCUT2D eigenvalue weighted by molar-refractivity contribution is -0.605. The molecule has 0 aromatic carbocycles. The van der Waals surface area contributed by atoms with Gasteiger partial charge in [-0.05, 0) is 19.9 Å².